The first-order valence-corrected chi connectivity index (χ1v) is 15.5. The van der Waals surface area contributed by atoms with Gasteiger partial charge in [0.2, 0.25) is 0 Å². The van der Waals surface area contributed by atoms with Crippen LogP contribution in [-0.2, 0) is 0 Å². The Kier molecular flexibility index (Phi) is 5.40. The lowest BCUT2D eigenvalue weighted by molar-refractivity contribution is 0.671. The van der Waals surface area contributed by atoms with Crippen molar-refractivity contribution in [2.75, 3.05) is 0 Å². The number of nitrogens with zero attached hydrogens (tertiary/aromatic N) is 3. The van der Waals surface area contributed by atoms with Crippen LogP contribution < -0.4 is 0 Å². The van der Waals surface area contributed by atoms with Gasteiger partial charge in [-0.3, -0.25) is 4.57 Å². The Bertz CT molecular complexity index is 2640. The second kappa shape index (κ2) is 9.49. The largest absolute Gasteiger partial charge is 0.454 e. The van der Waals surface area contributed by atoms with E-state index in [9.17, 15) is 0 Å². The van der Waals surface area contributed by atoms with Gasteiger partial charge in [0, 0.05) is 47.3 Å². The van der Waals surface area contributed by atoms with E-state index in [0.717, 1.165) is 66.8 Å². The molecule has 0 unspecified atom stereocenters. The van der Waals surface area contributed by atoms with Crippen LogP contribution in [0, 0.1) is 0 Å². The molecule has 5 aromatic carbocycles. The summed E-state index contributed by atoms with van der Waals surface area (Å²) in [5, 5.41) is 7.06. The highest BCUT2D eigenvalue weighted by molar-refractivity contribution is 7.27. The number of hydrogen-bond acceptors (Lipinski definition) is 4. The zero-order valence-corrected chi connectivity index (χ0v) is 24.7. The van der Waals surface area contributed by atoms with Crippen LogP contribution in [0.3, 0.4) is 0 Å². The molecule has 0 atom stereocenters. The summed E-state index contributed by atoms with van der Waals surface area (Å²) in [6.07, 6.45) is 5.77. The summed E-state index contributed by atoms with van der Waals surface area (Å²) in [7, 11) is 0. The fourth-order valence-electron chi connectivity index (χ4n) is 6.66. The predicted octanol–water partition coefficient (Wildman–Crippen LogP) is 11.2. The van der Waals surface area contributed by atoms with Gasteiger partial charge in [0.05, 0.1) is 16.9 Å². The molecule has 0 saturated heterocycles. The van der Waals surface area contributed by atoms with Gasteiger partial charge in [-0.1, -0.05) is 97.6 Å². The third-order valence-corrected chi connectivity index (χ3v) is 9.66. The molecule has 0 fully saturated rings. The monoisotopic (exact) mass is 583 g/mol. The highest BCUT2D eigenvalue weighted by Crippen LogP contribution is 2.50. The number of aromatic nitrogens is 3. The van der Waals surface area contributed by atoms with Crippen LogP contribution >= 0.6 is 11.3 Å². The highest BCUT2D eigenvalue weighted by Gasteiger charge is 2.27. The van der Waals surface area contributed by atoms with Gasteiger partial charge >= 0.3 is 0 Å². The SMILES string of the molecule is C=Cc1nc(-c2ccccc2)c(-n2c3ccccc3c3c4sc5ccccc5c4c4c5ccccc5oc4c32)nc1/C=C\C. The van der Waals surface area contributed by atoms with E-state index >= 15 is 0 Å². The van der Waals surface area contributed by atoms with Crippen LogP contribution in [0.5, 0.6) is 0 Å². The molecule has 0 aliphatic rings. The molecule has 0 aliphatic heterocycles. The average Bonchev–Trinajstić information content (AvgIpc) is 3.75. The highest BCUT2D eigenvalue weighted by atomic mass is 32.1. The van der Waals surface area contributed by atoms with Gasteiger partial charge in [0.25, 0.3) is 0 Å². The topological polar surface area (TPSA) is 43.9 Å². The molecule has 0 bridgehead atoms. The number of furan rings is 1. The van der Waals surface area contributed by atoms with Crippen molar-refractivity contribution in [2.45, 2.75) is 6.92 Å². The van der Waals surface area contributed by atoms with Gasteiger partial charge in [-0.05, 0) is 37.3 Å². The molecule has 0 aliphatic carbocycles. The molecular formula is C39H25N3OS. The molecule has 0 spiro atoms. The van der Waals surface area contributed by atoms with Gasteiger partial charge in [-0.25, -0.2) is 9.97 Å². The van der Waals surface area contributed by atoms with Gasteiger partial charge in [-0.2, -0.15) is 0 Å². The second-order valence-electron chi connectivity index (χ2n) is 10.9. The summed E-state index contributed by atoms with van der Waals surface area (Å²) in [6.45, 7) is 6.06. The fourth-order valence-corrected chi connectivity index (χ4v) is 7.93. The summed E-state index contributed by atoms with van der Waals surface area (Å²) >= 11 is 1.84. The van der Waals surface area contributed by atoms with E-state index in [0.29, 0.717) is 0 Å². The Morgan fingerprint density at radius 2 is 1.45 bits per heavy atom. The van der Waals surface area contributed by atoms with Crippen LogP contribution in [0.4, 0.5) is 0 Å². The number of hydrogen-bond donors (Lipinski definition) is 0. The molecule has 9 rings (SSSR count). The Morgan fingerprint density at radius 1 is 0.727 bits per heavy atom. The van der Waals surface area contributed by atoms with E-state index in [4.69, 9.17) is 14.4 Å². The quantitative estimate of drug-likeness (QED) is 0.207. The van der Waals surface area contributed by atoms with Crippen molar-refractivity contribution in [1.29, 1.82) is 0 Å². The molecular weight excluding hydrogens is 559 g/mol. The van der Waals surface area contributed by atoms with Crippen molar-refractivity contribution in [3.8, 4) is 17.1 Å². The number of allylic oxidation sites excluding steroid dienone is 1. The van der Waals surface area contributed by atoms with E-state index in [1.165, 1.54) is 25.6 Å². The molecule has 0 N–H and O–H groups in total. The number of thiophene rings is 1. The summed E-state index contributed by atoms with van der Waals surface area (Å²) in [6, 6.07) is 35.9. The molecule has 44 heavy (non-hydrogen) atoms. The van der Waals surface area contributed by atoms with E-state index in [-0.39, 0.29) is 0 Å². The van der Waals surface area contributed by atoms with Crippen molar-refractivity contribution in [1.82, 2.24) is 14.5 Å². The summed E-state index contributed by atoms with van der Waals surface area (Å²) in [4.78, 5) is 10.5. The maximum atomic E-state index is 6.86. The average molecular weight is 584 g/mol. The van der Waals surface area contributed by atoms with Crippen LogP contribution in [-0.4, -0.2) is 14.5 Å². The first-order valence-electron chi connectivity index (χ1n) is 14.7. The van der Waals surface area contributed by atoms with Gasteiger partial charge in [-0.15, -0.1) is 11.3 Å². The van der Waals surface area contributed by atoms with Crippen molar-refractivity contribution >= 4 is 87.4 Å². The van der Waals surface area contributed by atoms with Crippen LogP contribution in [0.1, 0.15) is 18.3 Å². The first kappa shape index (κ1) is 25.0. The van der Waals surface area contributed by atoms with E-state index in [1.54, 1.807) is 6.08 Å². The van der Waals surface area contributed by atoms with Gasteiger partial charge in [0.15, 0.2) is 11.4 Å². The molecule has 9 aromatic rings. The lowest BCUT2D eigenvalue weighted by Gasteiger charge is -2.15. The number of fused-ring (bicyclic) bond motifs is 12. The maximum absolute atomic E-state index is 6.86. The van der Waals surface area contributed by atoms with Crippen LogP contribution in [0.2, 0.25) is 0 Å². The van der Waals surface area contributed by atoms with Crippen molar-refractivity contribution in [3.05, 3.63) is 127 Å². The molecule has 0 amide bonds. The Labute approximate surface area is 256 Å². The van der Waals surface area contributed by atoms with E-state index in [1.807, 2.05) is 54.7 Å². The van der Waals surface area contributed by atoms with Crippen LogP contribution in [0.15, 0.2) is 120 Å². The third kappa shape index (κ3) is 3.38. The normalized spacial score (nSPS) is 12.2. The number of rotatable bonds is 4. The zero-order chi connectivity index (χ0) is 29.4. The van der Waals surface area contributed by atoms with Crippen molar-refractivity contribution in [2.24, 2.45) is 0 Å². The third-order valence-electron chi connectivity index (χ3n) is 8.47. The Morgan fingerprint density at radius 3 is 2.27 bits per heavy atom. The minimum Gasteiger partial charge on any atom is -0.454 e. The molecule has 208 valence electrons. The lowest BCUT2D eigenvalue weighted by Crippen LogP contribution is -2.06. The molecule has 0 saturated carbocycles. The lowest BCUT2D eigenvalue weighted by atomic mass is 10.0. The fraction of sp³-hybridized carbons (Fsp3) is 0.0256. The van der Waals surface area contributed by atoms with Gasteiger partial charge < -0.3 is 4.42 Å². The zero-order valence-electron chi connectivity index (χ0n) is 23.9. The molecule has 5 heteroatoms. The second-order valence-corrected chi connectivity index (χ2v) is 12.0. The minimum absolute atomic E-state index is 0.743. The predicted molar refractivity (Wildman–Crippen MR) is 187 cm³/mol. The van der Waals surface area contributed by atoms with E-state index in [2.05, 4.69) is 90.0 Å². The Balaban J connectivity index is 1.59. The number of benzene rings is 5. The van der Waals surface area contributed by atoms with Crippen molar-refractivity contribution in [3.63, 3.8) is 0 Å². The van der Waals surface area contributed by atoms with Crippen molar-refractivity contribution < 1.29 is 4.42 Å². The summed E-state index contributed by atoms with van der Waals surface area (Å²) < 4.78 is 11.6. The standard InChI is InChI=1S/C39H25N3OS/c1-3-14-28-27(4-2)40-35(23-15-6-5-7-16-23)39(41-28)42-29-20-11-8-17-24(29)34-36(42)37-32(25-18-9-12-21-30(25)43-37)33-26-19-10-13-22-31(26)44-38(33)34/h3-22H,2H2,1H3/b14-3-. The van der Waals surface area contributed by atoms with Gasteiger partial charge in [0.1, 0.15) is 16.8 Å². The summed E-state index contributed by atoms with van der Waals surface area (Å²) in [5.74, 6) is 0.753. The molecule has 4 heterocycles. The molecule has 0 radical (unpaired) electrons. The summed E-state index contributed by atoms with van der Waals surface area (Å²) in [5.41, 5.74) is 7.07. The minimum atomic E-state index is 0.743. The molecule has 4 nitrogen and oxygen atoms in total. The maximum Gasteiger partial charge on any atom is 0.165 e. The smallest absolute Gasteiger partial charge is 0.165 e. The first-order chi connectivity index (χ1) is 21.8. The van der Waals surface area contributed by atoms with Crippen LogP contribution in [0.25, 0.3) is 93.1 Å². The Hall–Kier alpha value is -5.52. The molecule has 4 aromatic heterocycles. The van der Waals surface area contributed by atoms with E-state index < -0.39 is 0 Å². The number of para-hydroxylation sites is 2.